The van der Waals surface area contributed by atoms with Gasteiger partial charge in [-0.15, -0.1) is 0 Å². The van der Waals surface area contributed by atoms with Gasteiger partial charge in [0.1, 0.15) is 11.5 Å². The van der Waals surface area contributed by atoms with E-state index >= 15 is 0 Å². The van der Waals surface area contributed by atoms with Gasteiger partial charge in [0.05, 0.1) is 32.9 Å². The van der Waals surface area contributed by atoms with Crippen LogP contribution in [0.1, 0.15) is 53.6 Å². The van der Waals surface area contributed by atoms with E-state index in [2.05, 4.69) is 0 Å². The van der Waals surface area contributed by atoms with Crippen molar-refractivity contribution in [2.24, 2.45) is 0 Å². The third-order valence-electron chi connectivity index (χ3n) is 7.11. The smallest absolute Gasteiger partial charge is 0.295 e. The Morgan fingerprint density at radius 1 is 0.897 bits per heavy atom. The lowest BCUT2D eigenvalue weighted by atomic mass is 9.92. The Bertz CT molecular complexity index is 1420. The Morgan fingerprint density at radius 2 is 1.59 bits per heavy atom. The summed E-state index contributed by atoms with van der Waals surface area (Å²) < 4.78 is 16.2. The number of amides is 1. The highest BCUT2D eigenvalue weighted by Gasteiger charge is 2.46. The molecule has 0 bridgehead atoms. The van der Waals surface area contributed by atoms with Gasteiger partial charge in [0.2, 0.25) is 0 Å². The molecule has 0 aromatic heterocycles. The average Bonchev–Trinajstić information content (AvgIpc) is 3.20. The number of nitrogens with zero attached hydrogens (tertiary/aromatic N) is 1. The number of carbonyl (C=O) groups is 2. The van der Waals surface area contributed by atoms with E-state index in [4.69, 9.17) is 14.2 Å². The fourth-order valence-electron chi connectivity index (χ4n) is 5.07. The number of benzene rings is 3. The van der Waals surface area contributed by atoms with E-state index in [0.29, 0.717) is 29.2 Å². The molecule has 1 aliphatic heterocycles. The van der Waals surface area contributed by atoms with Gasteiger partial charge >= 0.3 is 0 Å². The number of ketones is 1. The monoisotopic (exact) mass is 529 g/mol. The van der Waals surface area contributed by atoms with Crippen molar-refractivity contribution in [3.63, 3.8) is 0 Å². The van der Waals surface area contributed by atoms with Crippen molar-refractivity contribution in [3.8, 4) is 17.2 Å². The number of likely N-dealkylation sites (tertiary alicyclic amines) is 1. The highest BCUT2D eigenvalue weighted by atomic mass is 16.5. The highest BCUT2D eigenvalue weighted by molar-refractivity contribution is 6.46. The van der Waals surface area contributed by atoms with E-state index in [-0.39, 0.29) is 23.8 Å². The number of hydrogen-bond donors (Lipinski definition) is 1. The summed E-state index contributed by atoms with van der Waals surface area (Å²) >= 11 is 0. The van der Waals surface area contributed by atoms with Crippen LogP contribution in [0.25, 0.3) is 5.76 Å². The molecule has 0 spiro atoms. The molecular weight excluding hydrogens is 494 g/mol. The molecule has 4 rings (SSSR count). The highest BCUT2D eigenvalue weighted by Crippen LogP contribution is 2.41. The van der Waals surface area contributed by atoms with Crippen LogP contribution in [-0.4, -0.2) is 49.6 Å². The van der Waals surface area contributed by atoms with Crippen molar-refractivity contribution < 1.29 is 28.9 Å². The second kappa shape index (κ2) is 11.6. The topological polar surface area (TPSA) is 85.3 Å². The molecule has 1 fully saturated rings. The van der Waals surface area contributed by atoms with Gasteiger partial charge in [-0.2, -0.15) is 0 Å². The van der Waals surface area contributed by atoms with Crippen LogP contribution in [0.2, 0.25) is 0 Å². The Morgan fingerprint density at radius 3 is 2.23 bits per heavy atom. The van der Waals surface area contributed by atoms with Gasteiger partial charge in [-0.3, -0.25) is 9.59 Å². The number of ether oxygens (including phenoxy) is 3. The zero-order valence-electron chi connectivity index (χ0n) is 23.3. The Kier molecular flexibility index (Phi) is 8.29. The molecule has 39 heavy (non-hydrogen) atoms. The van der Waals surface area contributed by atoms with Crippen molar-refractivity contribution in [2.75, 3.05) is 27.9 Å². The molecule has 3 aromatic carbocycles. The van der Waals surface area contributed by atoms with E-state index in [1.54, 1.807) is 38.4 Å². The molecule has 1 aliphatic rings. The van der Waals surface area contributed by atoms with Gasteiger partial charge in [0.15, 0.2) is 11.5 Å². The molecule has 0 saturated carbocycles. The van der Waals surface area contributed by atoms with E-state index in [1.807, 2.05) is 69.3 Å². The van der Waals surface area contributed by atoms with Crippen LogP contribution in [0.3, 0.4) is 0 Å². The summed E-state index contributed by atoms with van der Waals surface area (Å²) in [6, 6.07) is 17.8. The second-order valence-corrected chi connectivity index (χ2v) is 9.96. The molecule has 7 nitrogen and oxygen atoms in total. The summed E-state index contributed by atoms with van der Waals surface area (Å²) in [4.78, 5) is 28.4. The van der Waals surface area contributed by atoms with Crippen molar-refractivity contribution >= 4 is 17.4 Å². The molecule has 1 amide bonds. The van der Waals surface area contributed by atoms with E-state index in [9.17, 15) is 14.7 Å². The summed E-state index contributed by atoms with van der Waals surface area (Å²) in [5.74, 6) is 0.498. The summed E-state index contributed by atoms with van der Waals surface area (Å²) in [7, 11) is 4.75. The minimum absolute atomic E-state index is 0.0813. The first-order valence-electron chi connectivity index (χ1n) is 12.9. The fraction of sp³-hybridized carbons (Fsp3) is 0.312. The fourth-order valence-corrected chi connectivity index (χ4v) is 5.07. The molecule has 1 N–H and O–H groups in total. The lowest BCUT2D eigenvalue weighted by Crippen LogP contribution is -2.31. The van der Waals surface area contributed by atoms with E-state index in [1.165, 1.54) is 0 Å². The Hall–Kier alpha value is -4.26. The minimum atomic E-state index is -0.727. The van der Waals surface area contributed by atoms with Gasteiger partial charge in [-0.05, 0) is 66.3 Å². The zero-order chi connectivity index (χ0) is 28.3. The number of Topliss-reactive ketones (excluding diaryl/α,β-unsaturated/α-hetero) is 1. The molecule has 1 heterocycles. The van der Waals surface area contributed by atoms with Crippen LogP contribution >= 0.6 is 0 Å². The van der Waals surface area contributed by atoms with Crippen LogP contribution in [0.5, 0.6) is 17.2 Å². The van der Waals surface area contributed by atoms with Crippen molar-refractivity contribution in [2.45, 2.75) is 39.2 Å². The Labute approximate surface area is 229 Å². The lowest BCUT2D eigenvalue weighted by Gasteiger charge is -2.26. The molecular formula is C32H35NO6. The Balaban J connectivity index is 1.78. The number of carbonyl (C=O) groups excluding carboxylic acids is 2. The standard InChI is InChI=1S/C32H35NO6/c1-19(2)24-18-23(11-13-25(24)37-4)30(34)28-29(22-9-7-8-20(3)16-22)33(32(36)31(28)35)15-14-21-10-12-26(38-5)27(17-21)39-6/h7-13,16-19,29,34H,14-15H2,1-6H3/b30-28-. The maximum absolute atomic E-state index is 13.5. The molecule has 1 saturated heterocycles. The van der Waals surface area contributed by atoms with Gasteiger partial charge in [0, 0.05) is 12.1 Å². The number of methoxy groups -OCH3 is 3. The minimum Gasteiger partial charge on any atom is -0.507 e. The number of hydrogen-bond acceptors (Lipinski definition) is 6. The maximum Gasteiger partial charge on any atom is 0.295 e. The first-order valence-corrected chi connectivity index (χ1v) is 12.9. The number of aryl methyl sites for hydroxylation is 1. The van der Waals surface area contributed by atoms with Gasteiger partial charge in [0.25, 0.3) is 11.7 Å². The first-order chi connectivity index (χ1) is 18.7. The summed E-state index contributed by atoms with van der Waals surface area (Å²) in [5, 5.41) is 11.5. The normalized spacial score (nSPS) is 16.6. The molecule has 7 heteroatoms. The summed E-state index contributed by atoms with van der Waals surface area (Å²) in [6.07, 6.45) is 0.482. The average molecular weight is 530 g/mol. The SMILES string of the molecule is COc1ccc(CCN2C(=O)C(=O)/C(=C(\O)c3ccc(OC)c(C(C)C)c3)C2c2cccc(C)c2)cc1OC. The first kappa shape index (κ1) is 27.8. The zero-order valence-corrected chi connectivity index (χ0v) is 23.3. The number of rotatable bonds is 9. The van der Waals surface area contributed by atoms with Crippen LogP contribution in [0, 0.1) is 6.92 Å². The molecule has 0 aliphatic carbocycles. The third-order valence-corrected chi connectivity index (χ3v) is 7.11. The number of aliphatic hydroxyl groups excluding tert-OH is 1. The number of aliphatic hydroxyl groups is 1. The van der Waals surface area contributed by atoms with Crippen molar-refractivity contribution in [1.82, 2.24) is 4.90 Å². The molecule has 1 unspecified atom stereocenters. The van der Waals surface area contributed by atoms with Crippen molar-refractivity contribution in [3.05, 3.63) is 94.1 Å². The predicted octanol–water partition coefficient (Wildman–Crippen LogP) is 5.81. The summed E-state index contributed by atoms with van der Waals surface area (Å²) in [5.41, 5.74) is 4.13. The third kappa shape index (κ3) is 5.48. The van der Waals surface area contributed by atoms with E-state index < -0.39 is 17.7 Å². The van der Waals surface area contributed by atoms with Crippen LogP contribution in [0.15, 0.2) is 66.2 Å². The molecule has 204 valence electrons. The van der Waals surface area contributed by atoms with Crippen LogP contribution < -0.4 is 14.2 Å². The van der Waals surface area contributed by atoms with Crippen LogP contribution in [-0.2, 0) is 16.0 Å². The largest absolute Gasteiger partial charge is 0.507 e. The van der Waals surface area contributed by atoms with Gasteiger partial charge in [-0.1, -0.05) is 49.7 Å². The van der Waals surface area contributed by atoms with Crippen molar-refractivity contribution in [1.29, 1.82) is 0 Å². The van der Waals surface area contributed by atoms with Crippen LogP contribution in [0.4, 0.5) is 0 Å². The lowest BCUT2D eigenvalue weighted by molar-refractivity contribution is -0.139. The van der Waals surface area contributed by atoms with Gasteiger partial charge in [-0.25, -0.2) is 0 Å². The molecule has 3 aromatic rings. The molecule has 0 radical (unpaired) electrons. The maximum atomic E-state index is 13.5. The summed E-state index contributed by atoms with van der Waals surface area (Å²) in [6.45, 7) is 6.29. The van der Waals surface area contributed by atoms with Gasteiger partial charge < -0.3 is 24.2 Å². The quantitative estimate of drug-likeness (QED) is 0.214. The predicted molar refractivity (Wildman–Crippen MR) is 151 cm³/mol. The van der Waals surface area contributed by atoms with E-state index in [0.717, 1.165) is 22.3 Å². The molecule has 1 atom stereocenters. The second-order valence-electron chi connectivity index (χ2n) is 9.96.